The van der Waals surface area contributed by atoms with E-state index in [9.17, 15) is 13.2 Å². The third-order valence-corrected chi connectivity index (χ3v) is 9.66. The number of sulfonamides is 1. The van der Waals surface area contributed by atoms with Crippen LogP contribution in [-0.4, -0.2) is 70.4 Å². The maximum absolute atomic E-state index is 13.4. The molecule has 0 bridgehead atoms. The van der Waals surface area contributed by atoms with Crippen LogP contribution >= 0.6 is 23.4 Å². The van der Waals surface area contributed by atoms with Crippen molar-refractivity contribution in [3.8, 4) is 17.1 Å². The van der Waals surface area contributed by atoms with Gasteiger partial charge in [0.1, 0.15) is 4.90 Å². The van der Waals surface area contributed by atoms with E-state index >= 15 is 0 Å². The van der Waals surface area contributed by atoms with Gasteiger partial charge in [-0.05, 0) is 61.4 Å². The summed E-state index contributed by atoms with van der Waals surface area (Å²) in [6.07, 6.45) is 3.34. The Kier molecular flexibility index (Phi) is 8.52. The number of nitrogens with one attached hydrogen (secondary N) is 1. The van der Waals surface area contributed by atoms with E-state index in [0.29, 0.717) is 29.2 Å². The normalized spacial score (nSPS) is 14.3. The van der Waals surface area contributed by atoms with Crippen LogP contribution in [0.3, 0.4) is 0 Å². The molecule has 0 spiro atoms. The van der Waals surface area contributed by atoms with E-state index in [4.69, 9.17) is 16.3 Å². The summed E-state index contributed by atoms with van der Waals surface area (Å²) in [5, 5.41) is 12.6. The van der Waals surface area contributed by atoms with Gasteiger partial charge in [0.05, 0.1) is 30.3 Å². The minimum Gasteiger partial charge on any atom is -0.379 e. The highest BCUT2D eigenvalue weighted by Crippen LogP contribution is 2.32. The standard InChI is InChI=1S/C27H27ClN6O4S2/c1-18-6-7-22(24(16-18)40(36,37)33-12-14-38-15-13-33)30-25(35)17-39-27-32-31-26(20-8-10-29-11-9-20)34(27)23-5-3-4-21(28)19(23)2/h3-11,16H,12-15,17H2,1-2H3,(H,30,35). The minimum absolute atomic E-state index is 0.0288. The van der Waals surface area contributed by atoms with Gasteiger partial charge in [0.2, 0.25) is 15.9 Å². The Morgan fingerprint density at radius 1 is 1.07 bits per heavy atom. The molecule has 0 radical (unpaired) electrons. The third-order valence-electron chi connectivity index (χ3n) is 6.38. The van der Waals surface area contributed by atoms with Gasteiger partial charge in [0.15, 0.2) is 11.0 Å². The molecule has 1 aliphatic rings. The number of anilines is 1. The van der Waals surface area contributed by atoms with Crippen molar-refractivity contribution < 1.29 is 17.9 Å². The van der Waals surface area contributed by atoms with Gasteiger partial charge >= 0.3 is 0 Å². The summed E-state index contributed by atoms with van der Waals surface area (Å²) in [4.78, 5) is 17.3. The molecule has 1 amide bonds. The van der Waals surface area contributed by atoms with E-state index in [1.807, 2.05) is 42.7 Å². The van der Waals surface area contributed by atoms with Crippen LogP contribution in [0.15, 0.2) is 71.0 Å². The van der Waals surface area contributed by atoms with E-state index in [-0.39, 0.29) is 35.3 Å². The van der Waals surface area contributed by atoms with E-state index < -0.39 is 10.0 Å². The Hall–Kier alpha value is -3.29. The van der Waals surface area contributed by atoms with E-state index in [1.54, 1.807) is 36.7 Å². The van der Waals surface area contributed by atoms with Gasteiger partial charge in [-0.3, -0.25) is 14.3 Å². The second kappa shape index (κ2) is 12.1. The zero-order chi connectivity index (χ0) is 28.3. The number of hydrogen-bond donors (Lipinski definition) is 1. The van der Waals surface area contributed by atoms with Crippen LogP contribution in [0.2, 0.25) is 5.02 Å². The lowest BCUT2D eigenvalue weighted by Crippen LogP contribution is -2.41. The van der Waals surface area contributed by atoms with Crippen molar-refractivity contribution in [1.29, 1.82) is 0 Å². The molecule has 0 aliphatic carbocycles. The van der Waals surface area contributed by atoms with Gasteiger partial charge in [0.25, 0.3) is 0 Å². The van der Waals surface area contributed by atoms with Gasteiger partial charge in [-0.15, -0.1) is 10.2 Å². The quantitative estimate of drug-likeness (QED) is 0.297. The lowest BCUT2D eigenvalue weighted by Gasteiger charge is -2.27. The first-order chi connectivity index (χ1) is 19.3. The number of aryl methyl sites for hydroxylation is 1. The molecule has 2 aromatic carbocycles. The Morgan fingerprint density at radius 2 is 1.82 bits per heavy atom. The van der Waals surface area contributed by atoms with Crippen LogP contribution in [0.25, 0.3) is 17.1 Å². The fraction of sp³-hybridized carbons (Fsp3) is 0.259. The SMILES string of the molecule is Cc1ccc(NC(=O)CSc2nnc(-c3ccncc3)n2-c2cccc(Cl)c2C)c(S(=O)(=O)N2CCOCC2)c1. The molecule has 2 aromatic heterocycles. The molecule has 208 valence electrons. The minimum atomic E-state index is -3.82. The van der Waals surface area contributed by atoms with Crippen molar-refractivity contribution in [3.05, 3.63) is 77.1 Å². The number of carbonyl (C=O) groups excluding carboxylic acids is 1. The summed E-state index contributed by atoms with van der Waals surface area (Å²) in [6.45, 7) is 4.90. The molecule has 0 unspecified atom stereocenters. The summed E-state index contributed by atoms with van der Waals surface area (Å²) in [6, 6.07) is 14.2. The van der Waals surface area contributed by atoms with Crippen LogP contribution in [0.1, 0.15) is 11.1 Å². The number of carbonyl (C=O) groups is 1. The first-order valence-electron chi connectivity index (χ1n) is 12.5. The number of amides is 1. The number of hydrogen-bond acceptors (Lipinski definition) is 8. The Morgan fingerprint density at radius 3 is 2.58 bits per heavy atom. The molecular formula is C27H27ClN6O4S2. The molecular weight excluding hydrogens is 572 g/mol. The number of halogens is 1. The van der Waals surface area contributed by atoms with E-state index in [2.05, 4.69) is 20.5 Å². The van der Waals surface area contributed by atoms with Crippen molar-refractivity contribution in [3.63, 3.8) is 0 Å². The Labute approximate surface area is 241 Å². The second-order valence-electron chi connectivity index (χ2n) is 9.11. The highest BCUT2D eigenvalue weighted by atomic mass is 35.5. The molecule has 1 fully saturated rings. The van der Waals surface area contributed by atoms with Crippen molar-refractivity contribution >= 4 is 45.0 Å². The molecule has 4 aromatic rings. The van der Waals surface area contributed by atoms with Crippen LogP contribution in [0.4, 0.5) is 5.69 Å². The van der Waals surface area contributed by atoms with Crippen molar-refractivity contribution in [2.45, 2.75) is 23.9 Å². The van der Waals surface area contributed by atoms with Crippen LogP contribution in [0, 0.1) is 13.8 Å². The van der Waals surface area contributed by atoms with Crippen molar-refractivity contribution in [2.24, 2.45) is 0 Å². The number of thioether (sulfide) groups is 1. The van der Waals surface area contributed by atoms with Crippen molar-refractivity contribution in [1.82, 2.24) is 24.1 Å². The third kappa shape index (κ3) is 5.91. The maximum atomic E-state index is 13.4. The maximum Gasteiger partial charge on any atom is 0.245 e. The molecule has 0 atom stereocenters. The average Bonchev–Trinajstić information content (AvgIpc) is 3.39. The highest BCUT2D eigenvalue weighted by Gasteiger charge is 2.29. The fourth-order valence-electron chi connectivity index (χ4n) is 4.30. The van der Waals surface area contributed by atoms with Gasteiger partial charge < -0.3 is 10.1 Å². The van der Waals surface area contributed by atoms with Crippen LogP contribution < -0.4 is 5.32 Å². The topological polar surface area (TPSA) is 119 Å². The fourth-order valence-corrected chi connectivity index (χ4v) is 6.85. The van der Waals surface area contributed by atoms with E-state index in [0.717, 1.165) is 22.4 Å². The first-order valence-corrected chi connectivity index (χ1v) is 15.3. The monoisotopic (exact) mass is 598 g/mol. The first kappa shape index (κ1) is 28.2. The number of nitrogens with zero attached hydrogens (tertiary/aromatic N) is 5. The second-order valence-corrected chi connectivity index (χ2v) is 12.4. The molecule has 1 saturated heterocycles. The Bertz CT molecular complexity index is 1640. The summed E-state index contributed by atoms with van der Waals surface area (Å²) in [7, 11) is -3.82. The summed E-state index contributed by atoms with van der Waals surface area (Å²) >= 11 is 7.61. The van der Waals surface area contributed by atoms with Gasteiger partial charge in [-0.1, -0.05) is 35.5 Å². The summed E-state index contributed by atoms with van der Waals surface area (Å²) < 4.78 is 35.3. The van der Waals surface area contributed by atoms with Gasteiger partial charge in [-0.25, -0.2) is 8.42 Å². The summed E-state index contributed by atoms with van der Waals surface area (Å²) in [5.74, 6) is 0.169. The van der Waals surface area contributed by atoms with Crippen LogP contribution in [-0.2, 0) is 19.6 Å². The molecule has 40 heavy (non-hydrogen) atoms. The molecule has 3 heterocycles. The smallest absolute Gasteiger partial charge is 0.245 e. The molecule has 5 rings (SSSR count). The Balaban J connectivity index is 1.41. The van der Waals surface area contributed by atoms with Crippen LogP contribution in [0.5, 0.6) is 0 Å². The lowest BCUT2D eigenvalue weighted by atomic mass is 10.2. The highest BCUT2D eigenvalue weighted by molar-refractivity contribution is 7.99. The molecule has 1 aliphatic heterocycles. The number of benzene rings is 2. The predicted molar refractivity (Wildman–Crippen MR) is 154 cm³/mol. The lowest BCUT2D eigenvalue weighted by molar-refractivity contribution is -0.113. The zero-order valence-electron chi connectivity index (χ0n) is 21.9. The number of pyridine rings is 1. The molecule has 13 heteroatoms. The molecule has 10 nitrogen and oxygen atoms in total. The zero-order valence-corrected chi connectivity index (χ0v) is 24.3. The molecule has 1 N–H and O–H groups in total. The average molecular weight is 599 g/mol. The number of morpholine rings is 1. The largest absolute Gasteiger partial charge is 0.379 e. The number of rotatable bonds is 8. The molecule has 0 saturated carbocycles. The van der Waals surface area contributed by atoms with Gasteiger partial charge in [-0.2, -0.15) is 4.31 Å². The predicted octanol–water partition coefficient (Wildman–Crippen LogP) is 4.35. The number of aromatic nitrogens is 4. The van der Waals surface area contributed by atoms with Crippen molar-refractivity contribution in [2.75, 3.05) is 37.4 Å². The van der Waals surface area contributed by atoms with E-state index in [1.165, 1.54) is 16.1 Å². The summed E-state index contributed by atoms with van der Waals surface area (Å²) in [5.41, 5.74) is 3.42. The van der Waals surface area contributed by atoms with Gasteiger partial charge in [0, 0.05) is 36.1 Å². The number of ether oxygens (including phenoxy) is 1.